The fourth-order valence-corrected chi connectivity index (χ4v) is 18.7. The van der Waals surface area contributed by atoms with E-state index in [1.807, 2.05) is 30.3 Å². The molecule has 0 aliphatic carbocycles. The minimum Gasteiger partial charge on any atom is -0.399 e. The Morgan fingerprint density at radius 2 is 0.573 bits per heavy atom. The zero-order valence-electron chi connectivity index (χ0n) is 68.3. The lowest BCUT2D eigenvalue weighted by atomic mass is 9.78. The number of para-hydroxylation sites is 10. The summed E-state index contributed by atoms with van der Waals surface area (Å²) in [5.41, 5.74) is 25.4. The molecule has 25 rings (SSSR count). The van der Waals surface area contributed by atoms with Gasteiger partial charge in [-0.25, -0.2) is 19.9 Å². The van der Waals surface area contributed by atoms with Crippen LogP contribution in [0.15, 0.2) is 401 Å². The number of nitrogens with zero attached hydrogens (tertiary/aromatic N) is 10. The predicted molar refractivity (Wildman–Crippen MR) is 514 cm³/mol. The lowest BCUT2D eigenvalue weighted by Gasteiger charge is -2.32. The highest BCUT2D eigenvalue weighted by molar-refractivity contribution is 6.62. The van der Waals surface area contributed by atoms with Crippen LogP contribution in [-0.4, -0.2) is 65.7 Å². The molecule has 0 radical (unpaired) electrons. The summed E-state index contributed by atoms with van der Waals surface area (Å²) in [6, 6.07) is 137. The van der Waals surface area contributed by atoms with Crippen LogP contribution in [0.2, 0.25) is 5.28 Å². The SMILES string of the molecule is CC1(C)OB(c2ccc3c(c2)c2cc4c(ccn4-c4ccccc4)cc2n3-c2ccccc2)OC1(C)C.Clc1nc(-c2ccc3c(c2)c2ccccc2n3-c2ccccc2)c2ccccc2n1.c1ccc(-n2ccc3cc4c(cc32)c2cc(-c3nc(-c5ccc6c(c5)c5ccccc5n6-c5ccccc5)c5ccccc5n3)ccc2n4-c2ccccc2)cc1. The van der Waals surface area contributed by atoms with Gasteiger partial charge < -0.3 is 36.7 Å². The summed E-state index contributed by atoms with van der Waals surface area (Å²) in [4.78, 5) is 19.6. The average Bonchev–Trinajstić information content (AvgIpc) is 1.58. The first-order valence-electron chi connectivity index (χ1n) is 42.0. The molecule has 0 atom stereocenters. The Morgan fingerprint density at radius 1 is 0.250 bits per heavy atom. The van der Waals surface area contributed by atoms with Gasteiger partial charge in [-0.05, 0) is 227 Å². The molecule has 1 saturated heterocycles. The normalized spacial score (nSPS) is 13.2. The molecule has 0 spiro atoms. The van der Waals surface area contributed by atoms with Gasteiger partial charge in [0.05, 0.1) is 88.8 Å². The van der Waals surface area contributed by atoms with E-state index in [0.717, 1.165) is 117 Å². The Bertz CT molecular complexity index is 8310. The van der Waals surface area contributed by atoms with Crippen LogP contribution in [0, 0.1) is 0 Å². The summed E-state index contributed by atoms with van der Waals surface area (Å²) in [5.74, 6) is 0.701. The van der Waals surface area contributed by atoms with E-state index in [2.05, 4.69) is 435 Å². The van der Waals surface area contributed by atoms with Gasteiger partial charge in [0, 0.05) is 128 Å². The Balaban J connectivity index is 0.000000114. The van der Waals surface area contributed by atoms with Crippen molar-refractivity contribution in [2.24, 2.45) is 0 Å². The van der Waals surface area contributed by atoms with Crippen molar-refractivity contribution in [1.82, 2.24) is 47.3 Å². The number of rotatable bonds is 10. The maximum Gasteiger partial charge on any atom is 0.494 e. The molecule has 1 aliphatic rings. The molecule has 9 heterocycles. The molecule has 0 amide bonds. The highest BCUT2D eigenvalue weighted by Gasteiger charge is 2.52. The molecule has 590 valence electrons. The number of benzene rings is 16. The Kier molecular flexibility index (Phi) is 17.6. The molecular formula is C110H78BClN10O2. The summed E-state index contributed by atoms with van der Waals surface area (Å²) >= 11 is 6.24. The number of fused-ring (bicyclic) bond motifs is 16. The van der Waals surface area contributed by atoms with Gasteiger partial charge in [-0.15, -0.1) is 0 Å². The number of hydrogen-bond acceptors (Lipinski definition) is 6. The van der Waals surface area contributed by atoms with Gasteiger partial charge >= 0.3 is 7.12 Å². The molecule has 0 N–H and O–H groups in total. The third-order valence-corrected chi connectivity index (χ3v) is 25.3. The lowest BCUT2D eigenvalue weighted by Crippen LogP contribution is -2.41. The van der Waals surface area contributed by atoms with Crippen molar-refractivity contribution in [3.05, 3.63) is 406 Å². The zero-order valence-corrected chi connectivity index (χ0v) is 69.1. The third-order valence-electron chi connectivity index (χ3n) is 25.2. The minimum absolute atomic E-state index is 0.260. The first-order chi connectivity index (χ1) is 60.9. The molecule has 124 heavy (non-hydrogen) atoms. The summed E-state index contributed by atoms with van der Waals surface area (Å²) in [6.45, 7) is 8.39. The Morgan fingerprint density at radius 3 is 1.02 bits per heavy atom. The quantitative estimate of drug-likeness (QED) is 0.0999. The van der Waals surface area contributed by atoms with Gasteiger partial charge in [-0.2, -0.15) is 0 Å². The fourth-order valence-electron chi connectivity index (χ4n) is 18.6. The van der Waals surface area contributed by atoms with Gasteiger partial charge in [0.1, 0.15) is 0 Å². The van der Waals surface area contributed by atoms with Gasteiger partial charge in [0.2, 0.25) is 5.28 Å². The molecule has 0 unspecified atom stereocenters. The van der Waals surface area contributed by atoms with Crippen LogP contribution in [0.4, 0.5) is 0 Å². The molecular weight excluding hydrogens is 1540 g/mol. The molecule has 0 saturated carbocycles. The number of hydrogen-bond donors (Lipinski definition) is 0. The van der Waals surface area contributed by atoms with Crippen LogP contribution in [-0.2, 0) is 9.31 Å². The summed E-state index contributed by atoms with van der Waals surface area (Å²) in [6.07, 6.45) is 4.32. The second-order valence-corrected chi connectivity index (χ2v) is 33.3. The molecule has 14 heteroatoms. The van der Waals surface area contributed by atoms with Crippen LogP contribution >= 0.6 is 11.6 Å². The van der Waals surface area contributed by atoms with Crippen molar-refractivity contribution < 1.29 is 9.31 Å². The van der Waals surface area contributed by atoms with Gasteiger partial charge in [0.25, 0.3) is 0 Å². The topological polar surface area (TPSA) is 99.6 Å². The van der Waals surface area contributed by atoms with Crippen molar-refractivity contribution in [2.75, 3.05) is 0 Å². The maximum atomic E-state index is 6.40. The van der Waals surface area contributed by atoms with Crippen molar-refractivity contribution in [3.63, 3.8) is 0 Å². The summed E-state index contributed by atoms with van der Waals surface area (Å²) in [5, 5.41) is 14.2. The van der Waals surface area contributed by atoms with Crippen LogP contribution < -0.4 is 5.46 Å². The molecule has 8 aromatic heterocycles. The van der Waals surface area contributed by atoms with Gasteiger partial charge in [-0.1, -0.05) is 206 Å². The van der Waals surface area contributed by atoms with E-state index < -0.39 is 7.12 Å². The van der Waals surface area contributed by atoms with E-state index in [0.29, 0.717) is 5.82 Å². The van der Waals surface area contributed by atoms with Gasteiger partial charge in [-0.3, -0.25) is 0 Å². The molecule has 16 aromatic carbocycles. The summed E-state index contributed by atoms with van der Waals surface area (Å²) in [7, 11) is -0.401. The highest BCUT2D eigenvalue weighted by Crippen LogP contribution is 2.44. The van der Waals surface area contributed by atoms with E-state index >= 15 is 0 Å². The Hall–Kier alpha value is -15.2. The molecule has 24 aromatic rings. The van der Waals surface area contributed by atoms with E-state index in [-0.39, 0.29) is 16.5 Å². The molecule has 1 fully saturated rings. The highest BCUT2D eigenvalue weighted by atomic mass is 35.5. The zero-order chi connectivity index (χ0) is 82.9. The van der Waals surface area contributed by atoms with Crippen LogP contribution in [0.25, 0.3) is 199 Å². The number of aromatic nitrogens is 10. The minimum atomic E-state index is -0.401. The smallest absolute Gasteiger partial charge is 0.399 e. The molecule has 12 nitrogen and oxygen atoms in total. The predicted octanol–water partition coefficient (Wildman–Crippen LogP) is 27.2. The monoisotopic (exact) mass is 1620 g/mol. The van der Waals surface area contributed by atoms with Crippen LogP contribution in [0.1, 0.15) is 27.7 Å². The fraction of sp³-hybridized carbons (Fsp3) is 0.0545. The summed E-state index contributed by atoms with van der Waals surface area (Å²) < 4.78 is 26.7. The lowest BCUT2D eigenvalue weighted by molar-refractivity contribution is 0.00578. The van der Waals surface area contributed by atoms with Crippen LogP contribution in [0.3, 0.4) is 0 Å². The first-order valence-corrected chi connectivity index (χ1v) is 42.4. The number of halogens is 1. The second kappa shape index (κ2) is 29.6. The standard InChI is InChI=1S/C52H33N5.C32H29BN2O2.C26H16ClN3/c1-4-14-37(15-5-1)55-29-28-34-32-50-44(33-49(34)55)43-31-36(25-27-48(43)57(50)39-18-8-3-9-19-39)52-53-45-22-12-10-21-41(45)51(54-52)35-24-26-47-42(30-35)40-20-11-13-23-46(40)56(47)38-16-6-2-7-17-38;1-31(2)32(3,4)37-33(36-31)23-15-16-28-26(20-23)27-21-29-22(17-18-34(29)24-11-7-5-8-12-24)19-30(27)35(28)25-13-9-6-10-14-25;27-26-28-22-12-6-4-11-20(22)25(29-26)17-14-15-24-21(16-17)19-10-5-7-13-23(19)30(24)18-8-2-1-3-9-18/h1-33H;5-21H,1-4H3;1-16H. The van der Waals surface area contributed by atoms with Crippen molar-refractivity contribution in [1.29, 1.82) is 0 Å². The average molecular weight is 1620 g/mol. The van der Waals surface area contributed by atoms with Crippen LogP contribution in [0.5, 0.6) is 0 Å². The first kappa shape index (κ1) is 73.9. The van der Waals surface area contributed by atoms with Crippen molar-refractivity contribution in [2.45, 2.75) is 38.9 Å². The largest absolute Gasteiger partial charge is 0.494 e. The molecule has 1 aliphatic heterocycles. The van der Waals surface area contributed by atoms with Crippen molar-refractivity contribution in [3.8, 4) is 68.0 Å². The van der Waals surface area contributed by atoms with E-state index in [1.165, 1.54) is 81.6 Å². The van der Waals surface area contributed by atoms with E-state index in [9.17, 15) is 0 Å². The molecule has 0 bridgehead atoms. The maximum absolute atomic E-state index is 6.40. The van der Waals surface area contributed by atoms with E-state index in [4.69, 9.17) is 30.9 Å². The Labute approximate surface area is 719 Å². The second-order valence-electron chi connectivity index (χ2n) is 32.9. The van der Waals surface area contributed by atoms with E-state index in [1.54, 1.807) is 0 Å². The van der Waals surface area contributed by atoms with Crippen molar-refractivity contribution >= 4 is 155 Å². The van der Waals surface area contributed by atoms with Gasteiger partial charge in [0.15, 0.2) is 5.82 Å². The third kappa shape index (κ3) is 12.4.